The lowest BCUT2D eigenvalue weighted by molar-refractivity contribution is 0.0954. The Morgan fingerprint density at radius 3 is 2.80 bits per heavy atom. The molecule has 1 N–H and O–H groups in total. The average molecular weight is 375 g/mol. The summed E-state index contributed by atoms with van der Waals surface area (Å²) in [5.41, 5.74) is 0.742. The van der Waals surface area contributed by atoms with Crippen LogP contribution in [0, 0.1) is 0 Å². The number of nitrogens with one attached hydrogen (secondary N) is 1. The zero-order valence-corrected chi connectivity index (χ0v) is 15.2. The molecule has 3 rings (SSSR count). The van der Waals surface area contributed by atoms with E-state index in [9.17, 15) is 13.8 Å². The summed E-state index contributed by atoms with van der Waals surface area (Å²) in [6.45, 7) is 0.257. The van der Waals surface area contributed by atoms with Gasteiger partial charge in [-0.1, -0.05) is 30.3 Å². The molecule has 25 heavy (non-hydrogen) atoms. The maximum Gasteiger partial charge on any atom is 0.271 e. The van der Waals surface area contributed by atoms with Gasteiger partial charge in [-0.15, -0.1) is 11.3 Å². The average Bonchev–Trinajstić information content (AvgIpc) is 2.99. The highest BCUT2D eigenvalue weighted by Gasteiger charge is 2.15. The van der Waals surface area contributed by atoms with Crippen LogP contribution in [-0.4, -0.2) is 38.1 Å². The van der Waals surface area contributed by atoms with Crippen LogP contribution in [0.2, 0.25) is 0 Å². The van der Waals surface area contributed by atoms with Gasteiger partial charge in [0.25, 0.3) is 11.5 Å². The minimum Gasteiger partial charge on any atom is -0.351 e. The van der Waals surface area contributed by atoms with Crippen molar-refractivity contribution in [2.45, 2.75) is 6.42 Å². The van der Waals surface area contributed by atoms with Crippen LogP contribution in [0.4, 0.5) is 0 Å². The highest BCUT2D eigenvalue weighted by molar-refractivity contribution is 7.84. The molecule has 1 aromatic carbocycles. The van der Waals surface area contributed by atoms with Crippen molar-refractivity contribution in [2.75, 3.05) is 18.6 Å². The molecular weight excluding hydrogens is 358 g/mol. The molecule has 1 amide bonds. The molecular formula is C17H17N3O3S2. The Balaban J connectivity index is 1.83. The Morgan fingerprint density at radius 1 is 1.32 bits per heavy atom. The number of fused-ring (bicyclic) bond motifs is 1. The van der Waals surface area contributed by atoms with E-state index in [1.165, 1.54) is 21.9 Å². The van der Waals surface area contributed by atoms with Crippen LogP contribution in [-0.2, 0) is 17.2 Å². The van der Waals surface area contributed by atoms with Crippen molar-refractivity contribution in [2.24, 2.45) is 0 Å². The third-order valence-corrected chi connectivity index (χ3v) is 5.37. The van der Waals surface area contributed by atoms with Crippen LogP contribution < -0.4 is 10.9 Å². The lowest BCUT2D eigenvalue weighted by Crippen LogP contribution is -2.33. The molecule has 0 fully saturated rings. The second-order valence-corrected chi connectivity index (χ2v) is 8.17. The normalized spacial score (nSPS) is 12.2. The van der Waals surface area contributed by atoms with Crippen LogP contribution in [0.3, 0.4) is 0 Å². The van der Waals surface area contributed by atoms with E-state index in [0.29, 0.717) is 17.1 Å². The first-order chi connectivity index (χ1) is 12.0. The monoisotopic (exact) mass is 375 g/mol. The maximum absolute atomic E-state index is 12.5. The molecule has 0 saturated heterocycles. The van der Waals surface area contributed by atoms with E-state index < -0.39 is 22.3 Å². The predicted molar refractivity (Wildman–Crippen MR) is 99.9 cm³/mol. The van der Waals surface area contributed by atoms with E-state index in [1.54, 1.807) is 12.5 Å². The molecule has 2 aromatic heterocycles. The summed E-state index contributed by atoms with van der Waals surface area (Å²) < 4.78 is 12.5. The standard InChI is InChI=1S/C17H17N3O3S2/c1-25(23)8-7-18-15(21)14-10-19-17-20(16(14)22)11-13(24-17)9-12-5-3-2-4-6-12/h2-6,10-11H,7-9H2,1H3,(H,18,21). The van der Waals surface area contributed by atoms with Crippen LogP contribution in [0.1, 0.15) is 20.8 Å². The van der Waals surface area contributed by atoms with Gasteiger partial charge < -0.3 is 5.32 Å². The fourth-order valence-electron chi connectivity index (χ4n) is 2.37. The maximum atomic E-state index is 12.5. The first kappa shape index (κ1) is 17.5. The minimum atomic E-state index is -0.994. The molecule has 0 radical (unpaired) electrons. The Kier molecular flexibility index (Phi) is 5.40. The Bertz CT molecular complexity index is 980. The van der Waals surface area contributed by atoms with E-state index in [-0.39, 0.29) is 12.1 Å². The van der Waals surface area contributed by atoms with Crippen molar-refractivity contribution in [1.82, 2.24) is 14.7 Å². The molecule has 1 atom stereocenters. The molecule has 2 heterocycles. The van der Waals surface area contributed by atoms with Gasteiger partial charge in [0.05, 0.1) is 0 Å². The van der Waals surface area contributed by atoms with Crippen LogP contribution in [0.25, 0.3) is 4.96 Å². The Hall–Kier alpha value is -2.32. The lowest BCUT2D eigenvalue weighted by Gasteiger charge is -2.03. The van der Waals surface area contributed by atoms with Gasteiger partial charge in [-0.3, -0.25) is 18.2 Å². The largest absolute Gasteiger partial charge is 0.351 e. The van der Waals surface area contributed by atoms with Crippen molar-refractivity contribution in [3.05, 3.63) is 69.1 Å². The second kappa shape index (κ2) is 7.71. The van der Waals surface area contributed by atoms with Gasteiger partial charge in [0.1, 0.15) is 5.56 Å². The van der Waals surface area contributed by atoms with Gasteiger partial charge in [0.15, 0.2) is 4.96 Å². The summed E-state index contributed by atoms with van der Waals surface area (Å²) in [5.74, 6) is -0.143. The van der Waals surface area contributed by atoms with Crippen molar-refractivity contribution >= 4 is 33.0 Å². The fourth-order valence-corrected chi connectivity index (χ4v) is 3.73. The molecule has 130 valence electrons. The first-order valence-electron chi connectivity index (χ1n) is 7.67. The summed E-state index contributed by atoms with van der Waals surface area (Å²) in [5, 5.41) is 2.60. The number of thiazole rings is 1. The molecule has 0 bridgehead atoms. The number of aromatic nitrogens is 2. The summed E-state index contributed by atoms with van der Waals surface area (Å²) in [7, 11) is -0.994. The van der Waals surface area contributed by atoms with E-state index in [2.05, 4.69) is 10.3 Å². The SMILES string of the molecule is CS(=O)CCNC(=O)c1cnc2sc(Cc3ccccc3)cn2c1=O. The third-order valence-electron chi connectivity index (χ3n) is 3.60. The summed E-state index contributed by atoms with van der Waals surface area (Å²) in [4.78, 5) is 30.5. The number of benzene rings is 1. The van der Waals surface area contributed by atoms with Gasteiger partial charge in [0, 0.05) is 53.0 Å². The third kappa shape index (κ3) is 4.21. The molecule has 0 aliphatic carbocycles. The van der Waals surface area contributed by atoms with Crippen LogP contribution in [0.5, 0.6) is 0 Å². The second-order valence-electron chi connectivity index (χ2n) is 5.52. The molecule has 0 saturated carbocycles. The van der Waals surface area contributed by atoms with Gasteiger partial charge >= 0.3 is 0 Å². The van der Waals surface area contributed by atoms with Crippen molar-refractivity contribution < 1.29 is 9.00 Å². The van der Waals surface area contributed by atoms with Crippen LogP contribution >= 0.6 is 11.3 Å². The number of hydrogen-bond acceptors (Lipinski definition) is 5. The van der Waals surface area contributed by atoms with E-state index >= 15 is 0 Å². The zero-order chi connectivity index (χ0) is 17.8. The van der Waals surface area contributed by atoms with Gasteiger partial charge in [-0.2, -0.15) is 0 Å². The minimum absolute atomic E-state index is 0.0107. The van der Waals surface area contributed by atoms with Gasteiger partial charge in [-0.05, 0) is 5.56 Å². The first-order valence-corrected chi connectivity index (χ1v) is 10.2. The molecule has 0 spiro atoms. The van der Waals surface area contributed by atoms with Gasteiger partial charge in [0.2, 0.25) is 0 Å². The van der Waals surface area contributed by atoms with E-state index in [4.69, 9.17) is 0 Å². The Morgan fingerprint density at radius 2 is 2.08 bits per heavy atom. The van der Waals surface area contributed by atoms with E-state index in [1.807, 2.05) is 30.3 Å². The van der Waals surface area contributed by atoms with Crippen molar-refractivity contribution in [3.63, 3.8) is 0 Å². The number of carbonyl (C=O) groups is 1. The number of hydrogen-bond donors (Lipinski definition) is 1. The predicted octanol–water partition coefficient (Wildman–Crippen LogP) is 1.46. The quantitative estimate of drug-likeness (QED) is 0.707. The molecule has 0 aliphatic rings. The van der Waals surface area contributed by atoms with Crippen LogP contribution in [0.15, 0.2) is 47.5 Å². The molecule has 8 heteroatoms. The topological polar surface area (TPSA) is 80.5 Å². The summed E-state index contributed by atoms with van der Waals surface area (Å²) in [6, 6.07) is 9.95. The molecule has 1 unspecified atom stereocenters. The number of nitrogens with zero attached hydrogens (tertiary/aromatic N) is 2. The smallest absolute Gasteiger partial charge is 0.271 e. The number of carbonyl (C=O) groups excluding carboxylic acids is 1. The fraction of sp³-hybridized carbons (Fsp3) is 0.235. The lowest BCUT2D eigenvalue weighted by atomic mass is 10.1. The molecule has 3 aromatic rings. The van der Waals surface area contributed by atoms with E-state index in [0.717, 1.165) is 10.4 Å². The molecule has 6 nitrogen and oxygen atoms in total. The van der Waals surface area contributed by atoms with Crippen molar-refractivity contribution in [1.29, 1.82) is 0 Å². The summed E-state index contributed by atoms with van der Waals surface area (Å²) >= 11 is 1.43. The highest BCUT2D eigenvalue weighted by Crippen LogP contribution is 2.18. The molecule has 0 aliphatic heterocycles. The van der Waals surface area contributed by atoms with Gasteiger partial charge in [-0.25, -0.2) is 4.98 Å². The Labute approximate surface area is 151 Å². The number of amides is 1. The number of rotatable bonds is 6. The summed E-state index contributed by atoms with van der Waals surface area (Å²) in [6.07, 6.45) is 5.31. The zero-order valence-electron chi connectivity index (χ0n) is 13.6. The van der Waals surface area contributed by atoms with Crippen molar-refractivity contribution in [3.8, 4) is 0 Å². The highest BCUT2D eigenvalue weighted by atomic mass is 32.2.